The summed E-state index contributed by atoms with van der Waals surface area (Å²) in [5.74, 6) is -4.32. The van der Waals surface area contributed by atoms with E-state index in [1.54, 1.807) is 26.8 Å². The zero-order valence-corrected chi connectivity index (χ0v) is 46.1. The molecule has 5 aliphatic carbocycles. The van der Waals surface area contributed by atoms with E-state index in [1.807, 2.05) is 13.8 Å². The van der Waals surface area contributed by atoms with Crippen LogP contribution in [0.4, 0.5) is 0 Å². The first kappa shape index (κ1) is 62.2. The number of carbonyl (C=O) groups excluding carboxylic acids is 2. The molecule has 79 heavy (non-hydrogen) atoms. The van der Waals surface area contributed by atoms with Crippen LogP contribution in [0.1, 0.15) is 107 Å². The van der Waals surface area contributed by atoms with Gasteiger partial charge in [0, 0.05) is 23.3 Å². The third kappa shape index (κ3) is 9.94. The summed E-state index contributed by atoms with van der Waals surface area (Å²) in [4.78, 5) is 39.4. The molecule has 22 atom stereocenters. The van der Waals surface area contributed by atoms with Crippen molar-refractivity contribution in [3.63, 3.8) is 0 Å². The molecule has 4 saturated carbocycles. The van der Waals surface area contributed by atoms with Crippen LogP contribution in [0.25, 0.3) is 0 Å². The Hall–Kier alpha value is -2.83. The first-order valence-corrected chi connectivity index (χ1v) is 27.1. The number of aliphatic carboxylic acids is 1. The molecule has 0 aromatic carbocycles. The lowest BCUT2D eigenvalue weighted by atomic mass is 9.33. The topological polar surface area (TPSA) is 388 Å². The number of fused-ring (bicyclic) bond motifs is 7. The summed E-state index contributed by atoms with van der Waals surface area (Å²) in [7, 11) is 0. The molecule has 0 spiro atoms. The van der Waals surface area contributed by atoms with Crippen molar-refractivity contribution in [2.45, 2.75) is 193 Å². The number of ether oxygens (including phenoxy) is 8. The Labute approximate surface area is 459 Å². The lowest BCUT2D eigenvalue weighted by Gasteiger charge is -2.72. The van der Waals surface area contributed by atoms with E-state index in [9.17, 15) is 80.8 Å². The molecule has 0 aromatic heterocycles. The number of carbonyl (C=O) groups is 3. The summed E-state index contributed by atoms with van der Waals surface area (Å²) in [6, 6.07) is 0. The van der Waals surface area contributed by atoms with E-state index in [4.69, 9.17) is 37.9 Å². The predicted molar refractivity (Wildman–Crippen MR) is 266 cm³/mol. The second-order valence-electron chi connectivity index (χ2n) is 24.6. The summed E-state index contributed by atoms with van der Waals surface area (Å²) < 4.78 is 47.6. The standard InChI is InChI=1S/C55H81O24/c1-10-23(2)46(71)79-43-44(72-24(3)60)55(22-59)26(17-50(43,4)5)25-11-12-30-51(6)15-14-32(52(7,21-58)29(51)13-16-53(30,8)54(25,9)18-31(55)61)75-49-41(77-48-38(67)36(65)34(63)28(20-57)74-48)39(68)40(42(78-49)45(69)70)76-47-37(66)35(64)33(62)27(19-56)73-47/h10-11,26-30,33-41,47-49,56-59,61-68H,12-22H2,1-9H3,(H,69,70)/b23-10+/t26-,27+,28+,29+,30+,33+,34+,35-,36-,37+,38+,39-,40-,41+,47-,48-,49+,51-,52+,53+,54+,55-/m0/s1. The number of carboxylic acid groups (broad SMARTS) is 1. The fourth-order valence-electron chi connectivity index (χ4n) is 15.2. The van der Waals surface area contributed by atoms with Crippen LogP contribution in [0.3, 0.4) is 0 Å². The Morgan fingerprint density at radius 3 is 1.86 bits per heavy atom. The van der Waals surface area contributed by atoms with E-state index in [0.29, 0.717) is 37.7 Å². The summed E-state index contributed by atoms with van der Waals surface area (Å²) >= 11 is 0. The third-order valence-electron chi connectivity index (χ3n) is 20.0. The highest BCUT2D eigenvalue weighted by Crippen LogP contribution is 2.78. The molecular weight excluding hydrogens is 1040 g/mol. The van der Waals surface area contributed by atoms with Crippen LogP contribution < -0.4 is 0 Å². The van der Waals surface area contributed by atoms with Crippen molar-refractivity contribution in [3.05, 3.63) is 53.8 Å². The number of hydrogen-bond acceptors (Lipinski definition) is 23. The van der Waals surface area contributed by atoms with Crippen LogP contribution in [-0.2, 0) is 52.3 Å². The summed E-state index contributed by atoms with van der Waals surface area (Å²) in [6.45, 7) is 13.5. The van der Waals surface area contributed by atoms with Gasteiger partial charge in [0.05, 0.1) is 31.8 Å². The number of hydrogen-bond donors (Lipinski definition) is 13. The maximum Gasteiger partial charge on any atom is 0.342 e. The quantitative estimate of drug-likeness (QED) is 0.0466. The Morgan fingerprint density at radius 2 is 1.33 bits per heavy atom. The number of rotatable bonds is 14. The van der Waals surface area contributed by atoms with Crippen LogP contribution in [0.15, 0.2) is 23.3 Å². The molecule has 0 aromatic rings. The van der Waals surface area contributed by atoms with Gasteiger partial charge >= 0.3 is 17.9 Å². The van der Waals surface area contributed by atoms with Crippen LogP contribution in [0.2, 0.25) is 0 Å². The van der Waals surface area contributed by atoms with Gasteiger partial charge in [0.1, 0.15) is 79.4 Å². The SMILES string of the molecule is C/C=C(\C)C(=O)O[C]1[C](OC(C)=O)[C@]2(CO)[C](O)C[C@]3(C)C(=CC[C@@H]4[C@@]5(C)CC[C](O[C@@H]6O[C](C(=O)O)[C@@H](O[C@@H]7O[C@H](CO)[C@@H](O)[C@H](O)[C@H]7O)[C@H](O)[C@H]6O[C@@H]6O[C@H](CO)[C@@H](O)[C@H](O)[C@H]6O)[C@](C)(CO)[C@@H]5CC[C@]43C)[C@@H]2CC1(C)C. The van der Waals surface area contributed by atoms with Crippen molar-refractivity contribution in [2.24, 2.45) is 50.2 Å². The second-order valence-corrected chi connectivity index (χ2v) is 24.6. The largest absolute Gasteiger partial charge is 0.479 e. The van der Waals surface area contributed by atoms with E-state index >= 15 is 0 Å². The van der Waals surface area contributed by atoms with Gasteiger partial charge in [-0.15, -0.1) is 0 Å². The maximum absolute atomic E-state index is 13.4. The molecule has 5 radical (unpaired) electrons. The number of esters is 2. The van der Waals surface area contributed by atoms with E-state index in [0.717, 1.165) is 5.57 Å². The van der Waals surface area contributed by atoms with Gasteiger partial charge in [-0.25, -0.2) is 9.59 Å². The lowest BCUT2D eigenvalue weighted by Crippen LogP contribution is -2.68. The lowest BCUT2D eigenvalue weighted by molar-refractivity contribution is -0.373. The zero-order chi connectivity index (χ0) is 58.4. The van der Waals surface area contributed by atoms with Gasteiger partial charge < -0.3 is 104 Å². The molecule has 3 saturated heterocycles. The van der Waals surface area contributed by atoms with Gasteiger partial charge in [0.2, 0.25) is 18.3 Å². The van der Waals surface area contributed by atoms with Gasteiger partial charge in [-0.1, -0.05) is 59.3 Å². The second kappa shape index (κ2) is 22.6. The van der Waals surface area contributed by atoms with Gasteiger partial charge in [-0.05, 0) is 92.8 Å². The Balaban J connectivity index is 1.12. The van der Waals surface area contributed by atoms with Crippen LogP contribution >= 0.6 is 0 Å². The average molecular weight is 1130 g/mol. The normalized spacial score (nSPS) is 47.2. The van der Waals surface area contributed by atoms with Gasteiger partial charge in [0.25, 0.3) is 0 Å². The average Bonchev–Trinajstić information content (AvgIpc) is 3.29. The van der Waals surface area contributed by atoms with Gasteiger partial charge in [-0.2, -0.15) is 0 Å². The molecule has 24 heteroatoms. The Bertz CT molecular complexity index is 2290. The minimum atomic E-state index is -2.23. The van der Waals surface area contributed by atoms with Crippen molar-refractivity contribution in [3.8, 4) is 0 Å². The van der Waals surface area contributed by atoms with Crippen molar-refractivity contribution in [1.29, 1.82) is 0 Å². The number of aliphatic hydroxyl groups is 12. The minimum absolute atomic E-state index is 0.0425. The predicted octanol–water partition coefficient (Wildman–Crippen LogP) is -0.124. The highest BCUT2D eigenvalue weighted by atomic mass is 16.8. The first-order chi connectivity index (χ1) is 36.9. The summed E-state index contributed by atoms with van der Waals surface area (Å²) in [5.41, 5.74) is -4.50. The molecule has 3 aliphatic heterocycles. The van der Waals surface area contributed by atoms with E-state index in [-0.39, 0.29) is 49.1 Å². The number of carboxylic acids is 1. The molecule has 0 bridgehead atoms. The minimum Gasteiger partial charge on any atom is -0.479 e. The fourth-order valence-corrected chi connectivity index (χ4v) is 15.2. The van der Waals surface area contributed by atoms with E-state index < -0.39 is 175 Å². The molecule has 445 valence electrons. The highest BCUT2D eigenvalue weighted by Gasteiger charge is 2.75. The molecule has 8 rings (SSSR count). The van der Waals surface area contributed by atoms with Crippen LogP contribution in [-0.4, -0.2) is 197 Å². The molecular formula is C55H81O24. The number of allylic oxidation sites excluding steroid dienone is 3. The molecule has 3 heterocycles. The Kier molecular flexibility index (Phi) is 17.8. The molecule has 13 N–H and O–H groups in total. The summed E-state index contributed by atoms with van der Waals surface area (Å²) in [5, 5.41) is 143. The van der Waals surface area contributed by atoms with Crippen molar-refractivity contribution in [2.75, 3.05) is 26.4 Å². The Morgan fingerprint density at radius 1 is 0.734 bits per heavy atom. The zero-order valence-electron chi connectivity index (χ0n) is 46.1. The van der Waals surface area contributed by atoms with Gasteiger partial charge in [-0.3, -0.25) is 4.79 Å². The number of aliphatic hydroxyl groups excluding tert-OH is 12. The highest BCUT2D eigenvalue weighted by molar-refractivity contribution is 5.88. The van der Waals surface area contributed by atoms with Crippen molar-refractivity contribution >= 4 is 17.9 Å². The molecule has 24 nitrogen and oxygen atoms in total. The first-order valence-electron chi connectivity index (χ1n) is 27.1. The van der Waals surface area contributed by atoms with Gasteiger partial charge in [0.15, 0.2) is 18.9 Å². The monoisotopic (exact) mass is 1130 g/mol. The molecule has 0 unspecified atom stereocenters. The molecule has 8 aliphatic rings. The van der Waals surface area contributed by atoms with E-state index in [2.05, 4.69) is 26.8 Å². The van der Waals surface area contributed by atoms with Crippen LogP contribution in [0, 0.1) is 80.8 Å². The van der Waals surface area contributed by atoms with Crippen molar-refractivity contribution in [1.82, 2.24) is 0 Å². The van der Waals surface area contributed by atoms with E-state index in [1.165, 1.54) is 6.92 Å². The third-order valence-corrected chi connectivity index (χ3v) is 20.0. The van der Waals surface area contributed by atoms with Crippen LogP contribution in [0.5, 0.6) is 0 Å². The summed E-state index contributed by atoms with van der Waals surface area (Å²) in [6.07, 6.45) is -21.9. The molecule has 0 amide bonds. The molecule has 7 fully saturated rings. The smallest absolute Gasteiger partial charge is 0.342 e. The maximum atomic E-state index is 13.4. The van der Waals surface area contributed by atoms with Crippen molar-refractivity contribution < 1.29 is 119 Å². The fraction of sp³-hybridized carbons (Fsp3) is 0.782.